The smallest absolute Gasteiger partial charge is 0.230 e. The van der Waals surface area contributed by atoms with Gasteiger partial charge in [0, 0.05) is 0 Å². The summed E-state index contributed by atoms with van der Waals surface area (Å²) in [5.41, 5.74) is 1.31. The molecule has 0 aliphatic heterocycles. The van der Waals surface area contributed by atoms with Crippen molar-refractivity contribution in [3.63, 3.8) is 0 Å². The second-order valence-corrected chi connectivity index (χ2v) is 4.73. The quantitative estimate of drug-likeness (QED) is 0.685. The van der Waals surface area contributed by atoms with Crippen LogP contribution in [0.15, 0.2) is 42.7 Å². The van der Waals surface area contributed by atoms with E-state index < -0.39 is 0 Å². The highest BCUT2D eigenvalue weighted by Crippen LogP contribution is 2.16. The minimum Gasteiger partial charge on any atom is -0.230 e. The van der Waals surface area contributed by atoms with E-state index in [0.717, 1.165) is 13.1 Å². The molecule has 0 radical (unpaired) electrons. The number of unbranched alkanes of at least 4 members (excludes halogenated alkanes) is 1. The zero-order valence-corrected chi connectivity index (χ0v) is 11.5. The molecule has 0 aliphatic carbocycles. The Morgan fingerprint density at radius 2 is 1.83 bits per heavy atom. The summed E-state index contributed by atoms with van der Waals surface area (Å²) in [6.45, 7) is 6.66. The molecule has 0 atom stereocenters. The van der Waals surface area contributed by atoms with Gasteiger partial charge in [0.05, 0.1) is 18.7 Å². The van der Waals surface area contributed by atoms with Crippen molar-refractivity contribution in [3.05, 3.63) is 42.7 Å². The minimum atomic E-state index is 1.09. The predicted molar refractivity (Wildman–Crippen MR) is 75.3 cm³/mol. The van der Waals surface area contributed by atoms with E-state index in [0.29, 0.717) is 0 Å². The van der Waals surface area contributed by atoms with Gasteiger partial charge in [0.25, 0.3) is 5.82 Å². The normalized spacial score (nSPS) is 10.8. The van der Waals surface area contributed by atoms with Crippen LogP contribution >= 0.6 is 0 Å². The molecule has 0 fully saturated rings. The maximum Gasteiger partial charge on any atom is 0.288 e. The summed E-state index contributed by atoms with van der Waals surface area (Å²) in [5, 5.41) is 0. The topological polar surface area (TPSA) is 8.81 Å². The fourth-order valence-corrected chi connectivity index (χ4v) is 2.32. The third kappa shape index (κ3) is 2.81. The largest absolute Gasteiger partial charge is 0.288 e. The average molecular weight is 243 g/mol. The molecule has 1 aromatic carbocycles. The van der Waals surface area contributed by atoms with E-state index in [2.05, 4.69) is 65.7 Å². The molecule has 0 spiro atoms. The molecule has 2 aromatic rings. The van der Waals surface area contributed by atoms with Gasteiger partial charge in [0.1, 0.15) is 12.4 Å². The second-order valence-electron chi connectivity index (χ2n) is 4.73. The summed E-state index contributed by atoms with van der Waals surface area (Å²) in [6, 6.07) is 10.7. The first-order valence-corrected chi connectivity index (χ1v) is 7.00. The molecule has 0 saturated heterocycles. The molecule has 0 aliphatic rings. The van der Waals surface area contributed by atoms with Crippen LogP contribution in [0.1, 0.15) is 33.1 Å². The summed E-state index contributed by atoms with van der Waals surface area (Å²) >= 11 is 0. The van der Waals surface area contributed by atoms with Crippen LogP contribution in [-0.2, 0) is 13.1 Å². The minimum absolute atomic E-state index is 1.09. The summed E-state index contributed by atoms with van der Waals surface area (Å²) in [7, 11) is 0. The highest BCUT2D eigenvalue weighted by atomic mass is 15.1. The third-order valence-corrected chi connectivity index (χ3v) is 3.22. The van der Waals surface area contributed by atoms with E-state index in [-0.39, 0.29) is 0 Å². The monoisotopic (exact) mass is 243 g/mol. The van der Waals surface area contributed by atoms with Gasteiger partial charge in [-0.3, -0.25) is 0 Å². The zero-order chi connectivity index (χ0) is 12.8. The number of aromatic nitrogens is 2. The number of nitrogens with zero attached hydrogens (tertiary/aromatic N) is 2. The summed E-state index contributed by atoms with van der Waals surface area (Å²) in [6.07, 6.45) is 8.07. The van der Waals surface area contributed by atoms with Crippen molar-refractivity contribution < 1.29 is 4.57 Å². The fraction of sp³-hybridized carbons (Fsp3) is 0.438. The van der Waals surface area contributed by atoms with Crippen LogP contribution in [0.2, 0.25) is 0 Å². The number of hydrogen-bond donors (Lipinski definition) is 0. The molecule has 0 bridgehead atoms. The molecule has 0 amide bonds. The van der Waals surface area contributed by atoms with Crippen LogP contribution in [-0.4, -0.2) is 4.57 Å². The molecule has 2 nitrogen and oxygen atoms in total. The number of benzene rings is 1. The Bertz CT molecular complexity index is 471. The molecule has 96 valence electrons. The Labute approximate surface area is 110 Å². The van der Waals surface area contributed by atoms with Crippen molar-refractivity contribution >= 4 is 0 Å². The van der Waals surface area contributed by atoms with E-state index in [9.17, 15) is 0 Å². The van der Waals surface area contributed by atoms with Crippen LogP contribution < -0.4 is 4.57 Å². The highest BCUT2D eigenvalue weighted by molar-refractivity contribution is 5.52. The predicted octanol–water partition coefficient (Wildman–Crippen LogP) is 3.65. The van der Waals surface area contributed by atoms with Gasteiger partial charge in [-0.05, 0) is 25.0 Å². The van der Waals surface area contributed by atoms with E-state index in [1.165, 1.54) is 30.7 Å². The summed E-state index contributed by atoms with van der Waals surface area (Å²) < 4.78 is 4.75. The highest BCUT2D eigenvalue weighted by Gasteiger charge is 2.17. The molecule has 0 unspecified atom stereocenters. The van der Waals surface area contributed by atoms with Crippen LogP contribution in [0.5, 0.6) is 0 Å². The number of rotatable bonds is 6. The molecule has 18 heavy (non-hydrogen) atoms. The van der Waals surface area contributed by atoms with Crippen molar-refractivity contribution in [1.82, 2.24) is 4.57 Å². The van der Waals surface area contributed by atoms with Crippen LogP contribution in [0.25, 0.3) is 11.4 Å². The Morgan fingerprint density at radius 3 is 2.50 bits per heavy atom. The van der Waals surface area contributed by atoms with Crippen molar-refractivity contribution in [1.29, 1.82) is 0 Å². The van der Waals surface area contributed by atoms with E-state index >= 15 is 0 Å². The fourth-order valence-electron chi connectivity index (χ4n) is 2.32. The maximum atomic E-state index is 2.38. The van der Waals surface area contributed by atoms with Crippen LogP contribution in [0.3, 0.4) is 0 Å². The molecule has 0 N–H and O–H groups in total. The van der Waals surface area contributed by atoms with Crippen molar-refractivity contribution in [3.8, 4) is 11.4 Å². The first-order valence-electron chi connectivity index (χ1n) is 7.00. The van der Waals surface area contributed by atoms with Gasteiger partial charge < -0.3 is 0 Å². The Morgan fingerprint density at radius 1 is 1.06 bits per heavy atom. The lowest BCUT2D eigenvalue weighted by Crippen LogP contribution is -2.34. The third-order valence-electron chi connectivity index (χ3n) is 3.22. The van der Waals surface area contributed by atoms with Gasteiger partial charge in [-0.2, -0.15) is 0 Å². The van der Waals surface area contributed by atoms with E-state index in [4.69, 9.17) is 0 Å². The maximum absolute atomic E-state index is 2.38. The molecule has 2 heteroatoms. The second kappa shape index (κ2) is 6.39. The number of imidazole rings is 1. The van der Waals surface area contributed by atoms with Gasteiger partial charge >= 0.3 is 0 Å². The first kappa shape index (κ1) is 12.9. The van der Waals surface area contributed by atoms with Gasteiger partial charge in [-0.25, -0.2) is 9.13 Å². The van der Waals surface area contributed by atoms with Crippen molar-refractivity contribution in [2.24, 2.45) is 0 Å². The molecule has 1 heterocycles. The number of aryl methyl sites for hydroxylation is 2. The summed E-state index contributed by atoms with van der Waals surface area (Å²) in [4.78, 5) is 0. The molecule has 1 aromatic heterocycles. The summed E-state index contributed by atoms with van der Waals surface area (Å²) in [5.74, 6) is 1.34. The van der Waals surface area contributed by atoms with Gasteiger partial charge in [0.15, 0.2) is 0 Å². The Hall–Kier alpha value is -1.57. The lowest BCUT2D eigenvalue weighted by atomic mass is 10.2. The van der Waals surface area contributed by atoms with Gasteiger partial charge in [-0.15, -0.1) is 0 Å². The SMILES string of the molecule is CCCC[n+]1ccn(CCC)c1-c1ccccc1. The Kier molecular flexibility index (Phi) is 4.57. The standard InChI is InChI=1S/C16H23N2/c1-3-5-12-18-14-13-17(11-4-2)16(18)15-9-7-6-8-10-15/h6-10,13-14H,3-5,11-12H2,1-2H3/q+1. The molecular weight excluding hydrogens is 220 g/mol. The Balaban J connectivity index is 2.37. The zero-order valence-electron chi connectivity index (χ0n) is 11.5. The lowest BCUT2D eigenvalue weighted by Gasteiger charge is -2.04. The van der Waals surface area contributed by atoms with E-state index in [1.807, 2.05) is 0 Å². The van der Waals surface area contributed by atoms with Crippen molar-refractivity contribution in [2.45, 2.75) is 46.2 Å². The lowest BCUT2D eigenvalue weighted by molar-refractivity contribution is -0.686. The van der Waals surface area contributed by atoms with Gasteiger partial charge in [-0.1, -0.05) is 38.5 Å². The molecule has 0 saturated carbocycles. The van der Waals surface area contributed by atoms with Gasteiger partial charge in [0.2, 0.25) is 0 Å². The van der Waals surface area contributed by atoms with Crippen molar-refractivity contribution in [2.75, 3.05) is 0 Å². The first-order chi connectivity index (χ1) is 8.86. The van der Waals surface area contributed by atoms with E-state index in [1.54, 1.807) is 0 Å². The number of hydrogen-bond acceptors (Lipinski definition) is 0. The molecular formula is C16H23N2+. The van der Waals surface area contributed by atoms with Crippen LogP contribution in [0.4, 0.5) is 0 Å². The molecule has 2 rings (SSSR count). The average Bonchev–Trinajstić information content (AvgIpc) is 2.81. The van der Waals surface area contributed by atoms with Crippen LogP contribution in [0, 0.1) is 0 Å².